The fraction of sp³-hybridized carbons (Fsp3) is 0.407. The lowest BCUT2D eigenvalue weighted by atomic mass is 10.1. The molecule has 1 fully saturated rings. The summed E-state index contributed by atoms with van der Waals surface area (Å²) in [7, 11) is 0. The smallest absolute Gasteiger partial charge is 0.317 e. The highest BCUT2D eigenvalue weighted by Crippen LogP contribution is 2.24. The monoisotopic (exact) mass is 504 g/mol. The molecule has 0 aliphatic carbocycles. The Morgan fingerprint density at radius 2 is 1.84 bits per heavy atom. The van der Waals surface area contributed by atoms with E-state index in [9.17, 15) is 4.79 Å². The summed E-state index contributed by atoms with van der Waals surface area (Å²) in [6.07, 6.45) is 6.24. The predicted molar refractivity (Wildman–Crippen MR) is 146 cm³/mol. The van der Waals surface area contributed by atoms with Crippen LogP contribution in [0.15, 0.2) is 55.0 Å². The lowest BCUT2D eigenvalue weighted by Gasteiger charge is -2.44. The number of piperazine rings is 1. The zero-order valence-electron chi connectivity index (χ0n) is 21.5. The second-order valence-corrected chi connectivity index (χ2v) is 9.58. The van der Waals surface area contributed by atoms with E-state index in [-0.39, 0.29) is 18.6 Å². The van der Waals surface area contributed by atoms with Gasteiger partial charge in [0.2, 0.25) is 5.95 Å². The summed E-state index contributed by atoms with van der Waals surface area (Å²) in [4.78, 5) is 28.9. The summed E-state index contributed by atoms with van der Waals surface area (Å²) in [6.45, 7) is 8.09. The van der Waals surface area contributed by atoms with E-state index in [1.54, 1.807) is 18.6 Å². The molecule has 1 aliphatic rings. The number of aliphatic carboxylic acids is 1. The van der Waals surface area contributed by atoms with Crippen LogP contribution in [0.3, 0.4) is 0 Å². The maximum atomic E-state index is 11.1. The van der Waals surface area contributed by atoms with Gasteiger partial charge in [-0.3, -0.25) is 14.6 Å². The Hall–Kier alpha value is -3.60. The van der Waals surface area contributed by atoms with Crippen molar-refractivity contribution in [2.45, 2.75) is 38.9 Å². The van der Waals surface area contributed by atoms with E-state index in [2.05, 4.69) is 56.5 Å². The highest BCUT2D eigenvalue weighted by Gasteiger charge is 2.30. The molecule has 0 bridgehead atoms. The predicted octanol–water partition coefficient (Wildman–Crippen LogP) is 3.02. The minimum atomic E-state index is -0.774. The van der Waals surface area contributed by atoms with Gasteiger partial charge in [0.25, 0.3) is 0 Å². The highest BCUT2D eigenvalue weighted by atomic mass is 16.4. The number of nitrogens with zero attached hydrogens (tertiary/aromatic N) is 5. The Morgan fingerprint density at radius 1 is 1.08 bits per heavy atom. The van der Waals surface area contributed by atoms with Crippen molar-refractivity contribution < 1.29 is 9.90 Å². The van der Waals surface area contributed by atoms with Gasteiger partial charge in [0.05, 0.1) is 6.54 Å². The summed E-state index contributed by atoms with van der Waals surface area (Å²) in [5.74, 6) is 0.557. The molecule has 37 heavy (non-hydrogen) atoms. The van der Waals surface area contributed by atoms with E-state index in [4.69, 9.17) is 10.8 Å². The number of hydrogen-bond acceptors (Lipinski definition) is 9. The third-order valence-electron chi connectivity index (χ3n) is 6.51. The number of carbonyl (C=O) groups is 1. The van der Waals surface area contributed by atoms with Crippen molar-refractivity contribution in [3.05, 3.63) is 60.6 Å². The first-order valence-corrected chi connectivity index (χ1v) is 12.7. The molecule has 3 aromatic rings. The van der Waals surface area contributed by atoms with Crippen LogP contribution in [0.1, 0.15) is 25.8 Å². The molecule has 5 N–H and O–H groups in total. The van der Waals surface area contributed by atoms with Gasteiger partial charge < -0.3 is 21.5 Å². The molecule has 1 saturated heterocycles. The van der Waals surface area contributed by atoms with E-state index in [1.807, 2.05) is 29.2 Å². The van der Waals surface area contributed by atoms with Crippen LogP contribution < -0.4 is 16.4 Å². The standard InChI is InChI=1S/C27H36N8O2/c1-19-15-34(18-26(36)37)16-20(2)35(19)17-21-5-3-6-24(11-21)33-25-12-22(7-10-29-25)23-13-31-27(32-14-23)30-9-4-8-28/h3,5-7,10-14,19-20H,4,8-9,15-18,28H2,1-2H3,(H,29,33)(H,36,37)(H,30,31,32). The van der Waals surface area contributed by atoms with E-state index in [0.29, 0.717) is 12.5 Å². The Morgan fingerprint density at radius 3 is 2.54 bits per heavy atom. The molecule has 0 spiro atoms. The number of aromatic nitrogens is 3. The van der Waals surface area contributed by atoms with Crippen molar-refractivity contribution >= 4 is 23.4 Å². The molecule has 196 valence electrons. The number of nitrogens with one attached hydrogen (secondary N) is 2. The number of nitrogens with two attached hydrogens (primary N) is 1. The number of pyridine rings is 1. The molecule has 1 aliphatic heterocycles. The second-order valence-electron chi connectivity index (χ2n) is 9.58. The van der Waals surface area contributed by atoms with E-state index in [0.717, 1.165) is 55.2 Å². The first kappa shape index (κ1) is 26.5. The van der Waals surface area contributed by atoms with Gasteiger partial charge in [-0.05, 0) is 62.2 Å². The summed E-state index contributed by atoms with van der Waals surface area (Å²) in [6, 6.07) is 12.8. The topological polar surface area (TPSA) is 133 Å². The molecule has 3 heterocycles. The van der Waals surface area contributed by atoms with Crippen LogP contribution in [0, 0.1) is 0 Å². The van der Waals surface area contributed by atoms with Gasteiger partial charge in [0, 0.05) is 68.1 Å². The van der Waals surface area contributed by atoms with Crippen LogP contribution in [0.2, 0.25) is 0 Å². The van der Waals surface area contributed by atoms with Crippen LogP contribution in [0.4, 0.5) is 17.5 Å². The number of carboxylic acid groups (broad SMARTS) is 1. The van der Waals surface area contributed by atoms with Gasteiger partial charge in [-0.15, -0.1) is 0 Å². The van der Waals surface area contributed by atoms with Crippen molar-refractivity contribution in [1.29, 1.82) is 0 Å². The van der Waals surface area contributed by atoms with Crippen molar-refractivity contribution in [3.8, 4) is 11.1 Å². The Bertz CT molecular complexity index is 1160. The van der Waals surface area contributed by atoms with Crippen LogP contribution >= 0.6 is 0 Å². The van der Waals surface area contributed by atoms with E-state index in [1.165, 1.54) is 5.56 Å². The average molecular weight is 505 g/mol. The molecule has 2 unspecified atom stereocenters. The van der Waals surface area contributed by atoms with Crippen molar-refractivity contribution in [2.75, 3.05) is 43.4 Å². The van der Waals surface area contributed by atoms with Crippen LogP contribution in [0.5, 0.6) is 0 Å². The average Bonchev–Trinajstić information content (AvgIpc) is 2.87. The molecule has 10 nitrogen and oxygen atoms in total. The number of rotatable bonds is 11. The molecule has 10 heteroatoms. The molecule has 2 aromatic heterocycles. The molecule has 0 saturated carbocycles. The third kappa shape index (κ3) is 7.45. The second kappa shape index (κ2) is 12.6. The van der Waals surface area contributed by atoms with Gasteiger partial charge in [-0.25, -0.2) is 15.0 Å². The Labute approximate surface area is 217 Å². The van der Waals surface area contributed by atoms with Crippen molar-refractivity contribution in [3.63, 3.8) is 0 Å². The van der Waals surface area contributed by atoms with Gasteiger partial charge in [-0.2, -0.15) is 0 Å². The zero-order valence-corrected chi connectivity index (χ0v) is 21.5. The lowest BCUT2D eigenvalue weighted by Crippen LogP contribution is -2.56. The number of hydrogen-bond donors (Lipinski definition) is 4. The maximum Gasteiger partial charge on any atom is 0.317 e. The third-order valence-corrected chi connectivity index (χ3v) is 6.51. The summed E-state index contributed by atoms with van der Waals surface area (Å²) >= 11 is 0. The van der Waals surface area contributed by atoms with Gasteiger partial charge >= 0.3 is 5.97 Å². The molecule has 1 aromatic carbocycles. The van der Waals surface area contributed by atoms with E-state index >= 15 is 0 Å². The van der Waals surface area contributed by atoms with Crippen molar-refractivity contribution in [1.82, 2.24) is 24.8 Å². The fourth-order valence-corrected chi connectivity index (χ4v) is 4.75. The van der Waals surface area contributed by atoms with Gasteiger partial charge in [0.1, 0.15) is 5.82 Å². The summed E-state index contributed by atoms with van der Waals surface area (Å²) < 4.78 is 0. The summed E-state index contributed by atoms with van der Waals surface area (Å²) in [5, 5.41) is 15.7. The quantitative estimate of drug-likeness (QED) is 0.289. The van der Waals surface area contributed by atoms with Crippen LogP contribution in [-0.2, 0) is 11.3 Å². The molecular formula is C27H36N8O2. The minimum Gasteiger partial charge on any atom is -0.480 e. The molecule has 0 radical (unpaired) electrons. The largest absolute Gasteiger partial charge is 0.480 e. The lowest BCUT2D eigenvalue weighted by molar-refractivity contribution is -0.139. The zero-order chi connectivity index (χ0) is 26.2. The SMILES string of the molecule is CC1CN(CC(=O)O)CC(C)N1Cc1cccc(Nc2cc(-c3cnc(NCCCN)nc3)ccn2)c1. The van der Waals surface area contributed by atoms with Crippen LogP contribution in [-0.4, -0.2) is 80.6 Å². The highest BCUT2D eigenvalue weighted by molar-refractivity contribution is 5.69. The fourth-order valence-electron chi connectivity index (χ4n) is 4.75. The van der Waals surface area contributed by atoms with Gasteiger partial charge in [0.15, 0.2) is 0 Å². The molecule has 4 rings (SSSR count). The first-order chi connectivity index (χ1) is 17.9. The number of anilines is 3. The molecule has 0 amide bonds. The van der Waals surface area contributed by atoms with E-state index < -0.39 is 5.97 Å². The normalized spacial score (nSPS) is 18.5. The molecular weight excluding hydrogens is 468 g/mol. The minimum absolute atomic E-state index is 0.0932. The number of benzene rings is 1. The van der Waals surface area contributed by atoms with Crippen LogP contribution in [0.25, 0.3) is 11.1 Å². The van der Waals surface area contributed by atoms with Gasteiger partial charge in [-0.1, -0.05) is 12.1 Å². The molecule has 2 atom stereocenters. The Balaban J connectivity index is 1.39. The summed E-state index contributed by atoms with van der Waals surface area (Å²) in [5.41, 5.74) is 9.57. The first-order valence-electron chi connectivity index (χ1n) is 12.7. The maximum absolute atomic E-state index is 11.1. The van der Waals surface area contributed by atoms with Crippen molar-refractivity contribution in [2.24, 2.45) is 5.73 Å². The number of carboxylic acids is 1. The Kier molecular flexibility index (Phi) is 8.99.